The summed E-state index contributed by atoms with van der Waals surface area (Å²) in [6, 6.07) is 13.8. The highest BCUT2D eigenvalue weighted by molar-refractivity contribution is 7.89. The third-order valence-electron chi connectivity index (χ3n) is 5.19. The van der Waals surface area contributed by atoms with E-state index in [0.717, 1.165) is 25.1 Å². The van der Waals surface area contributed by atoms with Gasteiger partial charge in [0.2, 0.25) is 10.0 Å². The van der Waals surface area contributed by atoms with Gasteiger partial charge in [-0.2, -0.15) is 0 Å². The first-order chi connectivity index (χ1) is 14.0. The summed E-state index contributed by atoms with van der Waals surface area (Å²) in [5, 5.41) is 11.1. The van der Waals surface area contributed by atoms with Crippen LogP contribution in [0.25, 0.3) is 0 Å². The Morgan fingerprint density at radius 2 is 1.62 bits per heavy atom. The normalized spacial score (nSPS) is 15.1. The fraction of sp³-hybridized carbons (Fsp3) is 0.429. The molecule has 2 aromatic rings. The average Bonchev–Trinajstić information content (AvgIpc) is 3.01. The molecule has 0 radical (unpaired) electrons. The van der Waals surface area contributed by atoms with Gasteiger partial charge in [0, 0.05) is 31.4 Å². The Morgan fingerprint density at radius 1 is 0.966 bits per heavy atom. The Labute approximate surface area is 171 Å². The number of nitrogens with zero attached hydrogens (tertiary/aromatic N) is 2. The van der Waals surface area contributed by atoms with Crippen LogP contribution >= 0.6 is 0 Å². The molecule has 1 aliphatic heterocycles. The summed E-state index contributed by atoms with van der Waals surface area (Å²) in [6.45, 7) is 2.43. The van der Waals surface area contributed by atoms with Crippen LogP contribution in [-0.2, 0) is 16.4 Å². The number of rotatable bonds is 8. The van der Waals surface area contributed by atoms with Crippen molar-refractivity contribution in [1.29, 1.82) is 0 Å². The highest BCUT2D eigenvalue weighted by atomic mass is 32.2. The Kier molecular flexibility index (Phi) is 7.22. The Morgan fingerprint density at radius 3 is 2.28 bits per heavy atom. The van der Waals surface area contributed by atoms with E-state index >= 15 is 0 Å². The van der Waals surface area contributed by atoms with Crippen molar-refractivity contribution in [1.82, 2.24) is 4.72 Å². The third-order valence-corrected chi connectivity index (χ3v) is 6.70. The first-order valence-corrected chi connectivity index (χ1v) is 11.5. The molecule has 156 valence electrons. The SMILES string of the molecule is O=[N+]([O-])c1ccccc1S(=O)(=O)NCCCc1ccc(N2CCCCCC2)cc1. The first-order valence-electron chi connectivity index (χ1n) is 10.0. The molecule has 0 atom stereocenters. The van der Waals surface area contributed by atoms with Gasteiger partial charge in [0.25, 0.3) is 5.69 Å². The molecule has 1 saturated heterocycles. The van der Waals surface area contributed by atoms with Crippen molar-refractivity contribution in [2.45, 2.75) is 43.4 Å². The number of para-hydroxylation sites is 1. The summed E-state index contributed by atoms with van der Waals surface area (Å²) < 4.78 is 27.3. The number of anilines is 1. The Balaban J connectivity index is 1.52. The van der Waals surface area contributed by atoms with E-state index in [9.17, 15) is 18.5 Å². The number of nitro benzene ring substituents is 1. The molecule has 0 spiro atoms. The lowest BCUT2D eigenvalue weighted by atomic mass is 10.1. The van der Waals surface area contributed by atoms with Gasteiger partial charge in [-0.25, -0.2) is 13.1 Å². The quantitative estimate of drug-likeness (QED) is 0.400. The lowest BCUT2D eigenvalue weighted by Crippen LogP contribution is -2.26. The lowest BCUT2D eigenvalue weighted by Gasteiger charge is -2.22. The minimum Gasteiger partial charge on any atom is -0.372 e. The molecule has 7 nitrogen and oxygen atoms in total. The second-order valence-electron chi connectivity index (χ2n) is 7.29. The summed E-state index contributed by atoms with van der Waals surface area (Å²) in [6.07, 6.45) is 6.43. The molecule has 1 aliphatic rings. The molecule has 2 aromatic carbocycles. The molecular weight excluding hydrogens is 390 g/mol. The van der Waals surface area contributed by atoms with Crippen molar-refractivity contribution in [3.05, 3.63) is 64.2 Å². The standard InChI is InChI=1S/C21H27N3O4S/c25-24(26)20-9-3-4-10-21(20)29(27,28)22-15-7-8-18-11-13-19(14-12-18)23-16-5-1-2-6-17-23/h3-4,9-14,22H,1-2,5-8,15-17H2. The fourth-order valence-corrected chi connectivity index (χ4v) is 4.86. The van der Waals surface area contributed by atoms with E-state index in [1.807, 2.05) is 0 Å². The fourth-order valence-electron chi connectivity index (χ4n) is 3.61. The number of hydrogen-bond donors (Lipinski definition) is 1. The Hall–Kier alpha value is -2.45. The third kappa shape index (κ3) is 5.77. The Bertz CT molecular complexity index is 921. The van der Waals surface area contributed by atoms with Crippen LogP contribution in [0.5, 0.6) is 0 Å². The van der Waals surface area contributed by atoms with Crippen LogP contribution in [0.1, 0.15) is 37.7 Å². The summed E-state index contributed by atoms with van der Waals surface area (Å²) in [5.74, 6) is 0. The zero-order valence-corrected chi connectivity index (χ0v) is 17.2. The molecule has 1 N–H and O–H groups in total. The van der Waals surface area contributed by atoms with Gasteiger partial charge in [0.1, 0.15) is 0 Å². The number of sulfonamides is 1. The molecule has 0 unspecified atom stereocenters. The van der Waals surface area contributed by atoms with Crippen LogP contribution in [0.15, 0.2) is 53.4 Å². The van der Waals surface area contributed by atoms with E-state index in [-0.39, 0.29) is 11.4 Å². The van der Waals surface area contributed by atoms with Gasteiger partial charge in [-0.05, 0) is 49.4 Å². The molecule has 1 heterocycles. The number of nitro groups is 1. The van der Waals surface area contributed by atoms with Crippen LogP contribution < -0.4 is 9.62 Å². The van der Waals surface area contributed by atoms with Crippen LogP contribution in [0.4, 0.5) is 11.4 Å². The van der Waals surface area contributed by atoms with E-state index in [4.69, 9.17) is 0 Å². The van der Waals surface area contributed by atoms with Gasteiger partial charge in [-0.15, -0.1) is 0 Å². The van der Waals surface area contributed by atoms with Crippen LogP contribution in [0.3, 0.4) is 0 Å². The predicted molar refractivity (Wildman–Crippen MR) is 114 cm³/mol. The largest absolute Gasteiger partial charge is 0.372 e. The maximum Gasteiger partial charge on any atom is 0.289 e. The predicted octanol–water partition coefficient (Wildman–Crippen LogP) is 3.89. The van der Waals surface area contributed by atoms with Crippen LogP contribution in [0.2, 0.25) is 0 Å². The van der Waals surface area contributed by atoms with Gasteiger partial charge >= 0.3 is 0 Å². The van der Waals surface area contributed by atoms with Gasteiger partial charge in [0.05, 0.1) is 4.92 Å². The smallest absolute Gasteiger partial charge is 0.289 e. The zero-order valence-electron chi connectivity index (χ0n) is 16.4. The molecule has 0 bridgehead atoms. The molecule has 3 rings (SSSR count). The van der Waals surface area contributed by atoms with Crippen molar-refractivity contribution in [2.24, 2.45) is 0 Å². The maximum absolute atomic E-state index is 12.4. The molecule has 29 heavy (non-hydrogen) atoms. The summed E-state index contributed by atoms with van der Waals surface area (Å²) in [5.41, 5.74) is 1.98. The van der Waals surface area contributed by atoms with Gasteiger partial charge in [-0.1, -0.05) is 37.1 Å². The van der Waals surface area contributed by atoms with E-state index in [1.165, 1.54) is 55.6 Å². The van der Waals surface area contributed by atoms with Gasteiger partial charge in [-0.3, -0.25) is 10.1 Å². The van der Waals surface area contributed by atoms with Crippen molar-refractivity contribution < 1.29 is 13.3 Å². The highest BCUT2D eigenvalue weighted by Crippen LogP contribution is 2.23. The minimum absolute atomic E-state index is 0.224. The van der Waals surface area contributed by atoms with E-state index in [0.29, 0.717) is 6.42 Å². The topological polar surface area (TPSA) is 92.5 Å². The van der Waals surface area contributed by atoms with E-state index in [2.05, 4.69) is 33.9 Å². The van der Waals surface area contributed by atoms with Crippen molar-refractivity contribution in [3.63, 3.8) is 0 Å². The lowest BCUT2D eigenvalue weighted by molar-refractivity contribution is -0.387. The monoisotopic (exact) mass is 417 g/mol. The van der Waals surface area contributed by atoms with Gasteiger partial charge < -0.3 is 4.90 Å². The van der Waals surface area contributed by atoms with Crippen molar-refractivity contribution in [3.8, 4) is 0 Å². The number of nitrogens with one attached hydrogen (secondary N) is 1. The summed E-state index contributed by atoms with van der Waals surface area (Å²) in [7, 11) is -3.91. The molecule has 1 fully saturated rings. The average molecular weight is 418 g/mol. The second kappa shape index (κ2) is 9.84. The second-order valence-corrected chi connectivity index (χ2v) is 9.03. The van der Waals surface area contributed by atoms with Crippen LogP contribution in [0, 0.1) is 10.1 Å². The van der Waals surface area contributed by atoms with Crippen molar-refractivity contribution >= 4 is 21.4 Å². The number of hydrogen-bond acceptors (Lipinski definition) is 5. The molecule has 0 aromatic heterocycles. The van der Waals surface area contributed by atoms with Crippen molar-refractivity contribution in [2.75, 3.05) is 24.5 Å². The van der Waals surface area contributed by atoms with Crippen LogP contribution in [-0.4, -0.2) is 33.0 Å². The van der Waals surface area contributed by atoms with E-state index < -0.39 is 20.6 Å². The maximum atomic E-state index is 12.4. The number of aryl methyl sites for hydroxylation is 1. The van der Waals surface area contributed by atoms with E-state index in [1.54, 1.807) is 0 Å². The molecule has 0 saturated carbocycles. The number of benzene rings is 2. The zero-order chi connectivity index (χ0) is 20.7. The summed E-state index contributed by atoms with van der Waals surface area (Å²) >= 11 is 0. The molecule has 0 amide bonds. The highest BCUT2D eigenvalue weighted by Gasteiger charge is 2.24. The summed E-state index contributed by atoms with van der Waals surface area (Å²) in [4.78, 5) is 12.5. The molecule has 8 heteroatoms. The molecular formula is C21H27N3O4S. The molecule has 0 aliphatic carbocycles. The first kappa shape index (κ1) is 21.3. The van der Waals surface area contributed by atoms with Gasteiger partial charge in [0.15, 0.2) is 4.90 Å². The minimum atomic E-state index is -3.91.